The molecule has 27 heavy (non-hydrogen) atoms. The van der Waals surface area contributed by atoms with Crippen molar-refractivity contribution in [1.82, 2.24) is 15.2 Å². The summed E-state index contributed by atoms with van der Waals surface area (Å²) in [5.41, 5.74) is 2.17. The van der Waals surface area contributed by atoms with Crippen molar-refractivity contribution in [2.45, 2.75) is 38.6 Å². The van der Waals surface area contributed by atoms with Crippen molar-refractivity contribution in [3.05, 3.63) is 35.5 Å². The van der Waals surface area contributed by atoms with Crippen molar-refractivity contribution in [2.24, 2.45) is 11.8 Å². The molecule has 6 nitrogen and oxygen atoms in total. The van der Waals surface area contributed by atoms with E-state index in [4.69, 9.17) is 0 Å². The zero-order valence-electron chi connectivity index (χ0n) is 16.0. The third-order valence-electron chi connectivity index (χ3n) is 6.33. The van der Waals surface area contributed by atoms with E-state index in [0.29, 0.717) is 13.0 Å². The molecule has 3 heterocycles. The molecule has 0 aliphatic carbocycles. The topological polar surface area (TPSA) is 82.3 Å². The number of fused-ring (bicyclic) bond motifs is 3. The van der Waals surface area contributed by atoms with Crippen LogP contribution < -0.4 is 5.32 Å². The van der Waals surface area contributed by atoms with Crippen LogP contribution in [0.2, 0.25) is 0 Å². The first-order valence-corrected chi connectivity index (χ1v) is 9.57. The lowest BCUT2D eigenvalue weighted by atomic mass is 9.72. The van der Waals surface area contributed by atoms with Crippen molar-refractivity contribution in [2.75, 3.05) is 13.6 Å². The minimum absolute atomic E-state index is 0.101. The quantitative estimate of drug-likeness (QED) is 0.629. The van der Waals surface area contributed by atoms with E-state index < -0.39 is 23.3 Å². The van der Waals surface area contributed by atoms with Crippen LogP contribution in [0.25, 0.3) is 10.9 Å². The van der Waals surface area contributed by atoms with Gasteiger partial charge in [-0.3, -0.25) is 19.3 Å². The summed E-state index contributed by atoms with van der Waals surface area (Å²) in [5, 5.41) is 4.57. The minimum Gasteiger partial charge on any atom is -0.357 e. The summed E-state index contributed by atoms with van der Waals surface area (Å²) in [5.74, 6) is -2.18. The van der Waals surface area contributed by atoms with Gasteiger partial charge in [-0.15, -0.1) is 0 Å². The average molecular weight is 367 g/mol. The second-order valence-electron chi connectivity index (χ2n) is 7.84. The van der Waals surface area contributed by atoms with Gasteiger partial charge in [-0.2, -0.15) is 0 Å². The number of amides is 2. The van der Waals surface area contributed by atoms with E-state index >= 15 is 0 Å². The van der Waals surface area contributed by atoms with Crippen LogP contribution in [0.3, 0.4) is 0 Å². The molecule has 0 spiro atoms. The number of para-hydroxylation sites is 1. The number of hydrogen-bond donors (Lipinski definition) is 2. The summed E-state index contributed by atoms with van der Waals surface area (Å²) >= 11 is 0. The molecule has 2 aromatic rings. The van der Waals surface area contributed by atoms with Crippen LogP contribution in [0.1, 0.15) is 37.9 Å². The maximum atomic E-state index is 13.4. The Labute approximate surface area is 158 Å². The Bertz CT molecular complexity index is 947. The highest BCUT2D eigenvalue weighted by atomic mass is 16.2. The number of nitrogens with one attached hydrogen (secondary N) is 2. The van der Waals surface area contributed by atoms with E-state index in [1.54, 1.807) is 0 Å². The van der Waals surface area contributed by atoms with Crippen LogP contribution in [-0.2, 0) is 26.3 Å². The van der Waals surface area contributed by atoms with Gasteiger partial charge in [-0.25, -0.2) is 0 Å². The largest absolute Gasteiger partial charge is 0.357 e. The Kier molecular flexibility index (Phi) is 4.18. The molecule has 1 saturated heterocycles. The summed E-state index contributed by atoms with van der Waals surface area (Å²) in [4.78, 5) is 43.5. The van der Waals surface area contributed by atoms with E-state index in [1.807, 2.05) is 32.0 Å². The van der Waals surface area contributed by atoms with Gasteiger partial charge in [-0.1, -0.05) is 25.1 Å². The Morgan fingerprint density at radius 2 is 1.96 bits per heavy atom. The highest BCUT2D eigenvalue weighted by molar-refractivity contribution is 6.12. The van der Waals surface area contributed by atoms with Crippen LogP contribution >= 0.6 is 0 Å². The zero-order chi connectivity index (χ0) is 19.3. The SMILES string of the molecule is CCC1CC(=O)N(C)C(=O)C(C2(C)NCCc3c2[nH]c2ccccc32)C1=O. The first kappa shape index (κ1) is 17.9. The molecule has 142 valence electrons. The molecule has 6 heteroatoms. The molecule has 2 aliphatic rings. The van der Waals surface area contributed by atoms with Crippen LogP contribution in [0.5, 0.6) is 0 Å². The minimum atomic E-state index is -0.925. The average Bonchev–Trinajstić information content (AvgIpc) is 3.02. The summed E-state index contributed by atoms with van der Waals surface area (Å²) in [7, 11) is 1.49. The lowest BCUT2D eigenvalue weighted by Gasteiger charge is -2.40. The lowest BCUT2D eigenvalue weighted by Crippen LogP contribution is -2.57. The summed E-state index contributed by atoms with van der Waals surface area (Å²) in [6.07, 6.45) is 1.48. The summed E-state index contributed by atoms with van der Waals surface area (Å²) in [6.45, 7) is 4.49. The number of hydrogen-bond acceptors (Lipinski definition) is 4. The number of ketones is 1. The van der Waals surface area contributed by atoms with Crippen LogP contribution in [0, 0.1) is 11.8 Å². The number of likely N-dealkylation sites (tertiary alicyclic amines) is 1. The first-order chi connectivity index (χ1) is 12.9. The monoisotopic (exact) mass is 367 g/mol. The van der Waals surface area contributed by atoms with Crippen molar-refractivity contribution < 1.29 is 14.4 Å². The van der Waals surface area contributed by atoms with Gasteiger partial charge in [0, 0.05) is 42.5 Å². The predicted octanol–water partition coefficient (Wildman–Crippen LogP) is 2.13. The molecule has 0 bridgehead atoms. The van der Waals surface area contributed by atoms with Crippen molar-refractivity contribution >= 4 is 28.5 Å². The number of aromatic amines is 1. The van der Waals surface area contributed by atoms with Gasteiger partial charge in [0.15, 0.2) is 5.78 Å². The number of rotatable bonds is 2. The van der Waals surface area contributed by atoms with Gasteiger partial charge < -0.3 is 10.3 Å². The maximum absolute atomic E-state index is 13.4. The van der Waals surface area contributed by atoms with Crippen molar-refractivity contribution in [3.8, 4) is 0 Å². The van der Waals surface area contributed by atoms with E-state index in [2.05, 4.69) is 16.4 Å². The molecule has 1 aromatic heterocycles. The normalized spacial score (nSPS) is 29.1. The molecule has 2 amide bonds. The molecular formula is C21H25N3O3. The number of aromatic nitrogens is 1. The summed E-state index contributed by atoms with van der Waals surface area (Å²) in [6, 6.07) is 8.04. The number of H-pyrrole nitrogens is 1. The Morgan fingerprint density at radius 3 is 2.70 bits per heavy atom. The van der Waals surface area contributed by atoms with Gasteiger partial charge >= 0.3 is 0 Å². The van der Waals surface area contributed by atoms with E-state index in [9.17, 15) is 14.4 Å². The summed E-state index contributed by atoms with van der Waals surface area (Å²) < 4.78 is 0. The molecule has 1 aromatic carbocycles. The van der Waals surface area contributed by atoms with Crippen LogP contribution in [0.4, 0.5) is 0 Å². The van der Waals surface area contributed by atoms with Gasteiger partial charge in [0.05, 0.1) is 5.54 Å². The lowest BCUT2D eigenvalue weighted by molar-refractivity contribution is -0.148. The smallest absolute Gasteiger partial charge is 0.241 e. The number of nitrogens with zero attached hydrogens (tertiary/aromatic N) is 1. The molecule has 1 fully saturated rings. The number of benzene rings is 1. The van der Waals surface area contributed by atoms with Crippen LogP contribution in [-0.4, -0.2) is 41.1 Å². The Balaban J connectivity index is 1.90. The highest BCUT2D eigenvalue weighted by Gasteiger charge is 2.53. The fourth-order valence-corrected chi connectivity index (χ4v) is 4.68. The molecule has 2 N–H and O–H groups in total. The van der Waals surface area contributed by atoms with E-state index in [0.717, 1.165) is 33.5 Å². The number of Topliss-reactive ketones (excluding diaryl/α,β-unsaturated/α-hetero) is 1. The van der Waals surface area contributed by atoms with E-state index in [-0.39, 0.29) is 18.1 Å². The maximum Gasteiger partial charge on any atom is 0.241 e. The molecular weight excluding hydrogens is 342 g/mol. The second kappa shape index (κ2) is 6.30. The van der Waals surface area contributed by atoms with Gasteiger partial charge in [0.25, 0.3) is 0 Å². The van der Waals surface area contributed by atoms with Crippen molar-refractivity contribution in [3.63, 3.8) is 0 Å². The third kappa shape index (κ3) is 2.54. The molecule has 3 unspecified atom stereocenters. The fourth-order valence-electron chi connectivity index (χ4n) is 4.68. The van der Waals surface area contributed by atoms with Gasteiger partial charge in [0.1, 0.15) is 5.92 Å². The molecule has 4 rings (SSSR count). The Hall–Kier alpha value is -2.47. The highest BCUT2D eigenvalue weighted by Crippen LogP contribution is 2.41. The number of imide groups is 1. The molecule has 2 aliphatic heterocycles. The zero-order valence-corrected chi connectivity index (χ0v) is 16.0. The van der Waals surface area contributed by atoms with Gasteiger partial charge in [0.2, 0.25) is 11.8 Å². The number of carbonyl (C=O) groups is 3. The first-order valence-electron chi connectivity index (χ1n) is 9.57. The van der Waals surface area contributed by atoms with Crippen molar-refractivity contribution in [1.29, 1.82) is 0 Å². The second-order valence-corrected chi connectivity index (χ2v) is 7.84. The number of carbonyl (C=O) groups excluding carboxylic acids is 3. The van der Waals surface area contributed by atoms with E-state index in [1.165, 1.54) is 7.05 Å². The third-order valence-corrected chi connectivity index (χ3v) is 6.33. The van der Waals surface area contributed by atoms with Gasteiger partial charge in [-0.05, 0) is 31.4 Å². The fraction of sp³-hybridized carbons (Fsp3) is 0.476. The molecule has 0 saturated carbocycles. The predicted molar refractivity (Wildman–Crippen MR) is 102 cm³/mol. The standard InChI is InChI=1S/C21H25N3O3/c1-4-12-11-16(25)24(3)20(27)17(18(12)26)21(2)19-14(9-10-22-21)13-7-5-6-8-15(13)23-19/h5-8,12,17,22-23H,4,9-11H2,1-3H3. The molecule has 3 atom stereocenters. The molecule has 0 radical (unpaired) electrons. The Morgan fingerprint density at radius 1 is 1.22 bits per heavy atom. The van der Waals surface area contributed by atoms with Crippen LogP contribution in [0.15, 0.2) is 24.3 Å².